The van der Waals surface area contributed by atoms with Gasteiger partial charge in [-0.3, -0.25) is 9.48 Å². The molecule has 0 bridgehead atoms. The van der Waals surface area contributed by atoms with Crippen LogP contribution in [0.5, 0.6) is 0 Å². The first-order valence-corrected chi connectivity index (χ1v) is 9.07. The van der Waals surface area contributed by atoms with E-state index in [-0.39, 0.29) is 17.5 Å². The maximum Gasteiger partial charge on any atom is 0.235 e. The first-order valence-electron chi connectivity index (χ1n) is 7.49. The van der Waals surface area contributed by atoms with Crippen molar-refractivity contribution in [2.75, 3.05) is 18.9 Å². The van der Waals surface area contributed by atoms with Crippen LogP contribution in [0.2, 0.25) is 5.15 Å². The monoisotopic (exact) mass is 444 g/mol. The number of hydrogen-bond acceptors (Lipinski definition) is 3. The topological polar surface area (TPSA) is 50.2 Å². The molecule has 2 heterocycles. The maximum atomic E-state index is 13.9. The first kappa shape index (κ1) is 18.3. The van der Waals surface area contributed by atoms with Gasteiger partial charge in [-0.05, 0) is 28.1 Å². The second-order valence-electron chi connectivity index (χ2n) is 5.89. The molecule has 1 aliphatic rings. The molecule has 1 aliphatic heterocycles. The van der Waals surface area contributed by atoms with Crippen LogP contribution in [0.4, 0.5) is 10.1 Å². The second-order valence-corrected chi connectivity index (χ2v) is 7.42. The van der Waals surface area contributed by atoms with Crippen LogP contribution in [0.3, 0.4) is 0 Å². The number of nitrogens with one attached hydrogen (secondary N) is 1. The highest BCUT2D eigenvalue weighted by atomic mass is 79.9. The number of carbonyl (C=O) groups is 1. The van der Waals surface area contributed by atoms with Gasteiger partial charge in [0.05, 0.1) is 16.6 Å². The summed E-state index contributed by atoms with van der Waals surface area (Å²) in [5.41, 5.74) is 0.851. The number of anilines is 1. The van der Waals surface area contributed by atoms with Crippen LogP contribution in [0, 0.1) is 11.7 Å². The minimum absolute atomic E-state index is 0.125. The van der Waals surface area contributed by atoms with Gasteiger partial charge in [0, 0.05) is 32.1 Å². The summed E-state index contributed by atoms with van der Waals surface area (Å²) in [7, 11) is 3.55. The summed E-state index contributed by atoms with van der Waals surface area (Å²) in [6.45, 7) is 0.526. The van der Waals surface area contributed by atoms with Crippen molar-refractivity contribution in [1.82, 2.24) is 14.7 Å². The summed E-state index contributed by atoms with van der Waals surface area (Å²) in [5, 5.41) is 7.32. The van der Waals surface area contributed by atoms with Crippen molar-refractivity contribution in [2.24, 2.45) is 13.0 Å². The fourth-order valence-electron chi connectivity index (χ4n) is 3.02. The molecule has 25 heavy (non-hydrogen) atoms. The summed E-state index contributed by atoms with van der Waals surface area (Å²) in [5.74, 6) is -1.78. The predicted molar refractivity (Wildman–Crippen MR) is 102 cm³/mol. The number of thiocarbonyl (C=S) groups is 1. The number of amides is 1. The van der Waals surface area contributed by atoms with E-state index in [9.17, 15) is 9.18 Å². The Morgan fingerprint density at radius 2 is 2.12 bits per heavy atom. The van der Waals surface area contributed by atoms with Gasteiger partial charge in [0.15, 0.2) is 0 Å². The molecule has 132 valence electrons. The van der Waals surface area contributed by atoms with Crippen molar-refractivity contribution >= 4 is 56.3 Å². The summed E-state index contributed by atoms with van der Waals surface area (Å²) in [6, 6.07) is 6.02. The normalized spacial score (nSPS) is 20.2. The average Bonchev–Trinajstić information content (AvgIpc) is 2.98. The number of likely N-dealkylation sites (N-methyl/N-ethyl adjacent to an activating group) is 1. The smallest absolute Gasteiger partial charge is 0.235 e. The molecule has 2 aromatic rings. The third kappa shape index (κ3) is 3.30. The predicted octanol–water partition coefficient (Wildman–Crippen LogP) is 3.59. The van der Waals surface area contributed by atoms with Gasteiger partial charge in [0.2, 0.25) is 5.91 Å². The van der Waals surface area contributed by atoms with Gasteiger partial charge in [0.1, 0.15) is 15.6 Å². The van der Waals surface area contributed by atoms with Crippen LogP contribution in [-0.2, 0) is 11.8 Å². The Hall–Kier alpha value is -1.51. The summed E-state index contributed by atoms with van der Waals surface area (Å²) < 4.78 is 16.0. The van der Waals surface area contributed by atoms with Gasteiger partial charge in [-0.25, -0.2) is 4.39 Å². The number of nitrogens with zero attached hydrogens (tertiary/aromatic N) is 3. The first-order chi connectivity index (χ1) is 11.8. The number of aromatic nitrogens is 2. The standard InChI is InChI=1S/C16H15BrClFN4OS/c1-22-7-8(11-13(17)21-23(2)14(11)18)12(16(22)25)15(24)20-10-6-4-3-5-9(10)19/h3-6,8,12H,7H2,1-2H3,(H,20,24)/t8-,12+/m1/s1. The number of likely N-dealkylation sites (tertiary alicyclic amines) is 1. The molecule has 1 amide bonds. The highest BCUT2D eigenvalue weighted by Crippen LogP contribution is 2.41. The van der Waals surface area contributed by atoms with E-state index < -0.39 is 11.7 Å². The summed E-state index contributed by atoms with van der Waals surface area (Å²) in [6.07, 6.45) is 0. The molecule has 2 atom stereocenters. The Balaban J connectivity index is 1.95. The van der Waals surface area contributed by atoms with Crippen LogP contribution in [0.15, 0.2) is 28.9 Å². The summed E-state index contributed by atoms with van der Waals surface area (Å²) in [4.78, 5) is 15.2. The van der Waals surface area contributed by atoms with E-state index in [0.717, 1.165) is 5.56 Å². The number of benzene rings is 1. The van der Waals surface area contributed by atoms with E-state index in [0.29, 0.717) is 21.3 Å². The molecule has 1 fully saturated rings. The summed E-state index contributed by atoms with van der Waals surface area (Å²) >= 11 is 15.2. The molecule has 0 spiro atoms. The number of para-hydroxylation sites is 1. The molecule has 0 aliphatic carbocycles. The minimum Gasteiger partial charge on any atom is -0.368 e. The zero-order valence-electron chi connectivity index (χ0n) is 13.5. The fourth-order valence-corrected chi connectivity index (χ4v) is 4.47. The lowest BCUT2D eigenvalue weighted by atomic mass is 9.90. The maximum absolute atomic E-state index is 13.9. The molecule has 1 saturated heterocycles. The van der Waals surface area contributed by atoms with Crippen LogP contribution in [0.1, 0.15) is 11.5 Å². The zero-order valence-corrected chi connectivity index (χ0v) is 16.6. The van der Waals surface area contributed by atoms with Crippen LogP contribution in [-0.4, -0.2) is 39.2 Å². The van der Waals surface area contributed by atoms with Crippen molar-refractivity contribution < 1.29 is 9.18 Å². The minimum atomic E-state index is -0.641. The number of hydrogen-bond donors (Lipinski definition) is 1. The Labute approximate surface area is 163 Å². The van der Waals surface area contributed by atoms with Gasteiger partial charge in [0.25, 0.3) is 0 Å². The highest BCUT2D eigenvalue weighted by Gasteiger charge is 2.44. The van der Waals surface area contributed by atoms with E-state index >= 15 is 0 Å². The number of rotatable bonds is 3. The zero-order chi connectivity index (χ0) is 18.3. The number of carbonyl (C=O) groups excluding carboxylic acids is 1. The molecule has 3 rings (SSSR count). The van der Waals surface area contributed by atoms with Gasteiger partial charge >= 0.3 is 0 Å². The third-order valence-electron chi connectivity index (χ3n) is 4.27. The van der Waals surface area contributed by atoms with Crippen LogP contribution < -0.4 is 5.32 Å². The lowest BCUT2D eigenvalue weighted by Crippen LogP contribution is -2.32. The van der Waals surface area contributed by atoms with Crippen molar-refractivity contribution in [3.8, 4) is 0 Å². The third-order valence-corrected chi connectivity index (χ3v) is 5.87. The molecule has 9 heteroatoms. The van der Waals surface area contributed by atoms with Crippen LogP contribution >= 0.6 is 39.7 Å². The Kier molecular flexibility index (Phi) is 5.13. The molecule has 1 aromatic carbocycles. The van der Waals surface area contributed by atoms with Gasteiger partial charge in [-0.2, -0.15) is 5.10 Å². The average molecular weight is 446 g/mol. The molecule has 0 radical (unpaired) electrons. The van der Waals surface area contributed by atoms with E-state index in [4.69, 9.17) is 23.8 Å². The SMILES string of the molecule is CN1C[C@H](c2c(Br)nn(C)c2Cl)[C@@H](C(=O)Nc2ccccc2F)C1=S. The van der Waals surface area contributed by atoms with Gasteiger partial charge < -0.3 is 10.2 Å². The van der Waals surface area contributed by atoms with Crippen LogP contribution in [0.25, 0.3) is 0 Å². The molecule has 1 N–H and O–H groups in total. The Morgan fingerprint density at radius 1 is 1.44 bits per heavy atom. The number of aryl methyl sites for hydroxylation is 1. The van der Waals surface area contributed by atoms with E-state index in [1.807, 2.05) is 11.9 Å². The van der Waals surface area contributed by atoms with Crippen molar-refractivity contribution in [1.29, 1.82) is 0 Å². The quantitative estimate of drug-likeness (QED) is 0.734. The molecular weight excluding hydrogens is 431 g/mol. The highest BCUT2D eigenvalue weighted by molar-refractivity contribution is 9.10. The molecular formula is C16H15BrClFN4OS. The molecule has 1 aromatic heterocycles. The van der Waals surface area contributed by atoms with Crippen molar-refractivity contribution in [3.05, 3.63) is 45.4 Å². The van der Waals surface area contributed by atoms with E-state index in [1.54, 1.807) is 19.2 Å². The second kappa shape index (κ2) is 7.01. The Bertz CT molecular complexity index is 859. The van der Waals surface area contributed by atoms with Gasteiger partial charge in [-0.15, -0.1) is 0 Å². The largest absolute Gasteiger partial charge is 0.368 e. The Morgan fingerprint density at radius 3 is 2.72 bits per heavy atom. The number of halogens is 3. The van der Waals surface area contributed by atoms with Gasteiger partial charge in [-0.1, -0.05) is 36.0 Å². The lowest BCUT2D eigenvalue weighted by Gasteiger charge is -2.18. The molecule has 0 saturated carbocycles. The van der Waals surface area contributed by atoms with E-state index in [2.05, 4.69) is 26.3 Å². The lowest BCUT2D eigenvalue weighted by molar-refractivity contribution is -0.118. The van der Waals surface area contributed by atoms with Crippen molar-refractivity contribution in [3.63, 3.8) is 0 Å². The molecule has 0 unspecified atom stereocenters. The molecule has 5 nitrogen and oxygen atoms in total. The van der Waals surface area contributed by atoms with E-state index in [1.165, 1.54) is 16.8 Å². The fraction of sp³-hybridized carbons (Fsp3) is 0.312. The van der Waals surface area contributed by atoms with Crippen molar-refractivity contribution in [2.45, 2.75) is 5.92 Å².